The van der Waals surface area contributed by atoms with Gasteiger partial charge in [-0.15, -0.1) is 0 Å². The van der Waals surface area contributed by atoms with Gasteiger partial charge < -0.3 is 10.1 Å². The van der Waals surface area contributed by atoms with Gasteiger partial charge in [0.05, 0.1) is 13.2 Å². The molecule has 0 spiro atoms. The lowest BCUT2D eigenvalue weighted by Crippen LogP contribution is -2.48. The van der Waals surface area contributed by atoms with Gasteiger partial charge in [0.1, 0.15) is 16.7 Å². The molecule has 0 bridgehead atoms. The summed E-state index contributed by atoms with van der Waals surface area (Å²) in [5.41, 5.74) is 5.17. The zero-order valence-electron chi connectivity index (χ0n) is 20.6. The zero-order chi connectivity index (χ0) is 25.8. The topological polar surface area (TPSA) is 84.5 Å². The summed E-state index contributed by atoms with van der Waals surface area (Å²) in [6, 6.07) is 16.4. The summed E-state index contributed by atoms with van der Waals surface area (Å²) in [6.07, 6.45) is 0.174. The number of sulfonamides is 1. The van der Waals surface area contributed by atoms with Crippen molar-refractivity contribution in [3.63, 3.8) is 0 Å². The molecular weight excluding hydrogens is 484 g/mol. The van der Waals surface area contributed by atoms with Crippen molar-refractivity contribution in [3.8, 4) is 5.75 Å². The van der Waals surface area contributed by atoms with Gasteiger partial charge in [0.25, 0.3) is 0 Å². The van der Waals surface area contributed by atoms with Crippen molar-refractivity contribution < 1.29 is 17.9 Å². The van der Waals surface area contributed by atoms with Crippen LogP contribution in [0, 0.1) is 20.8 Å². The van der Waals surface area contributed by atoms with Crippen LogP contribution in [0.1, 0.15) is 40.8 Å². The molecule has 0 saturated carbocycles. The van der Waals surface area contributed by atoms with E-state index in [-0.39, 0.29) is 28.1 Å². The standard InChI is InChI=1S/C27H31ClN2O4S/c1-17-13-19(3)23(14-18(17)2)20(4)29-27(31)24(15-21-9-7-6-8-10-21)30-35(32,33)26-16-22(28)11-12-25(26)34-5/h6-14,16,20,24,30H,15H2,1-5H3,(H,29,31)/t20-,24-/m1/s1. The molecule has 3 rings (SSSR count). The molecule has 0 heterocycles. The minimum Gasteiger partial charge on any atom is -0.495 e. The molecule has 3 aromatic carbocycles. The molecule has 0 aromatic heterocycles. The number of rotatable bonds is 9. The molecule has 0 aliphatic heterocycles. The first-order chi connectivity index (χ1) is 16.5. The molecule has 8 heteroatoms. The van der Waals surface area contributed by atoms with Crippen LogP contribution in [0.5, 0.6) is 5.75 Å². The van der Waals surface area contributed by atoms with Crippen molar-refractivity contribution >= 4 is 27.5 Å². The molecule has 0 fully saturated rings. The van der Waals surface area contributed by atoms with Gasteiger partial charge >= 0.3 is 0 Å². The van der Waals surface area contributed by atoms with Gasteiger partial charge in [0.2, 0.25) is 15.9 Å². The summed E-state index contributed by atoms with van der Waals surface area (Å²) in [6.45, 7) is 7.96. The summed E-state index contributed by atoms with van der Waals surface area (Å²) in [5, 5.41) is 3.24. The van der Waals surface area contributed by atoms with E-state index in [1.807, 2.05) is 58.0 Å². The average molecular weight is 515 g/mol. The van der Waals surface area contributed by atoms with E-state index in [9.17, 15) is 13.2 Å². The molecule has 186 valence electrons. The molecule has 0 saturated heterocycles. The SMILES string of the molecule is COc1ccc(Cl)cc1S(=O)(=O)N[C@H](Cc1ccccc1)C(=O)N[C@H](C)c1cc(C)c(C)cc1C. The Morgan fingerprint density at radius 3 is 2.29 bits per heavy atom. The summed E-state index contributed by atoms with van der Waals surface area (Å²) in [7, 11) is -2.75. The lowest BCUT2D eigenvalue weighted by atomic mass is 9.96. The Balaban J connectivity index is 1.92. The molecule has 35 heavy (non-hydrogen) atoms. The van der Waals surface area contributed by atoms with Gasteiger partial charge in [-0.25, -0.2) is 8.42 Å². The first-order valence-electron chi connectivity index (χ1n) is 11.3. The van der Waals surface area contributed by atoms with Gasteiger partial charge in [-0.2, -0.15) is 4.72 Å². The summed E-state index contributed by atoms with van der Waals surface area (Å²) < 4.78 is 34.5. The number of hydrogen-bond donors (Lipinski definition) is 2. The highest BCUT2D eigenvalue weighted by Gasteiger charge is 2.29. The number of ether oxygens (including phenoxy) is 1. The third-order valence-electron chi connectivity index (χ3n) is 6.02. The highest BCUT2D eigenvalue weighted by Crippen LogP contribution is 2.27. The number of carbonyl (C=O) groups is 1. The Kier molecular flexibility index (Phi) is 8.59. The Bertz CT molecular complexity index is 1310. The maximum Gasteiger partial charge on any atom is 0.245 e. The Morgan fingerprint density at radius 2 is 1.63 bits per heavy atom. The number of methoxy groups -OCH3 is 1. The number of benzene rings is 3. The van der Waals surface area contributed by atoms with E-state index in [0.29, 0.717) is 0 Å². The van der Waals surface area contributed by atoms with Gasteiger partial charge in [-0.05, 0) is 80.1 Å². The van der Waals surface area contributed by atoms with Crippen LogP contribution in [0.25, 0.3) is 0 Å². The number of amides is 1. The number of halogens is 1. The maximum absolute atomic E-state index is 13.4. The monoisotopic (exact) mass is 514 g/mol. The zero-order valence-corrected chi connectivity index (χ0v) is 22.1. The van der Waals surface area contributed by atoms with E-state index in [1.54, 1.807) is 6.07 Å². The van der Waals surface area contributed by atoms with E-state index in [2.05, 4.69) is 22.2 Å². The second kappa shape index (κ2) is 11.2. The van der Waals surface area contributed by atoms with E-state index >= 15 is 0 Å². The molecule has 2 atom stereocenters. The molecule has 2 N–H and O–H groups in total. The van der Waals surface area contributed by atoms with Gasteiger partial charge in [0, 0.05) is 5.02 Å². The van der Waals surface area contributed by atoms with Gasteiger partial charge in [-0.1, -0.05) is 54.1 Å². The van der Waals surface area contributed by atoms with Crippen LogP contribution < -0.4 is 14.8 Å². The number of aryl methyl sites for hydroxylation is 3. The minimum atomic E-state index is -4.13. The molecule has 0 radical (unpaired) electrons. The fourth-order valence-corrected chi connectivity index (χ4v) is 5.62. The van der Waals surface area contributed by atoms with Crippen molar-refractivity contribution in [3.05, 3.63) is 93.5 Å². The average Bonchev–Trinajstić information content (AvgIpc) is 2.81. The normalized spacial score (nSPS) is 13.2. The van der Waals surface area contributed by atoms with Crippen molar-refractivity contribution in [1.29, 1.82) is 0 Å². The van der Waals surface area contributed by atoms with E-state index in [0.717, 1.165) is 22.3 Å². The molecule has 0 aliphatic rings. The van der Waals surface area contributed by atoms with Gasteiger partial charge in [0.15, 0.2) is 0 Å². The Hall–Kier alpha value is -2.87. The fourth-order valence-electron chi connectivity index (χ4n) is 3.99. The molecule has 0 unspecified atom stereocenters. The van der Waals surface area contributed by atoms with E-state index in [4.69, 9.17) is 16.3 Å². The number of nitrogens with one attached hydrogen (secondary N) is 2. The third-order valence-corrected chi connectivity index (χ3v) is 7.75. The number of carbonyl (C=O) groups excluding carboxylic acids is 1. The number of hydrogen-bond acceptors (Lipinski definition) is 4. The largest absolute Gasteiger partial charge is 0.495 e. The second-order valence-corrected chi connectivity index (χ2v) is 10.8. The van der Waals surface area contributed by atoms with Crippen LogP contribution in [-0.2, 0) is 21.2 Å². The third kappa shape index (κ3) is 6.63. The minimum absolute atomic E-state index is 0.128. The van der Waals surface area contributed by atoms with Crippen molar-refractivity contribution in [2.75, 3.05) is 7.11 Å². The fraction of sp³-hybridized carbons (Fsp3) is 0.296. The predicted molar refractivity (Wildman–Crippen MR) is 139 cm³/mol. The summed E-state index contributed by atoms with van der Waals surface area (Å²) in [5.74, 6) is -0.288. The van der Waals surface area contributed by atoms with Crippen LogP contribution in [0.4, 0.5) is 0 Å². The Labute approximate surface area is 212 Å². The first kappa shape index (κ1) is 26.7. The highest BCUT2D eigenvalue weighted by molar-refractivity contribution is 7.89. The smallest absolute Gasteiger partial charge is 0.245 e. The van der Waals surface area contributed by atoms with Crippen LogP contribution in [-0.4, -0.2) is 27.5 Å². The lowest BCUT2D eigenvalue weighted by molar-refractivity contribution is -0.123. The van der Waals surface area contributed by atoms with E-state index in [1.165, 1.54) is 24.8 Å². The quantitative estimate of drug-likeness (QED) is 0.419. The van der Waals surface area contributed by atoms with Gasteiger partial charge in [-0.3, -0.25) is 4.79 Å². The molecular formula is C27H31ClN2O4S. The maximum atomic E-state index is 13.4. The van der Waals surface area contributed by atoms with Crippen LogP contribution >= 0.6 is 11.6 Å². The van der Waals surface area contributed by atoms with Crippen molar-refractivity contribution in [2.45, 2.75) is 51.1 Å². The lowest BCUT2D eigenvalue weighted by Gasteiger charge is -2.23. The van der Waals surface area contributed by atoms with E-state index < -0.39 is 22.0 Å². The van der Waals surface area contributed by atoms with Crippen LogP contribution in [0.2, 0.25) is 5.02 Å². The molecule has 1 amide bonds. The second-order valence-electron chi connectivity index (χ2n) is 8.68. The molecule has 6 nitrogen and oxygen atoms in total. The first-order valence-corrected chi connectivity index (χ1v) is 13.2. The summed E-state index contributed by atoms with van der Waals surface area (Å²) in [4.78, 5) is 13.3. The summed E-state index contributed by atoms with van der Waals surface area (Å²) >= 11 is 6.06. The van der Waals surface area contributed by atoms with Crippen LogP contribution in [0.3, 0.4) is 0 Å². The predicted octanol–water partition coefficient (Wildman–Crippen LogP) is 5.04. The highest BCUT2D eigenvalue weighted by atomic mass is 35.5. The Morgan fingerprint density at radius 1 is 0.971 bits per heavy atom. The molecule has 0 aliphatic carbocycles. The van der Waals surface area contributed by atoms with Crippen molar-refractivity contribution in [2.24, 2.45) is 0 Å². The van der Waals surface area contributed by atoms with Crippen LogP contribution in [0.15, 0.2) is 65.6 Å². The molecule has 3 aromatic rings. The van der Waals surface area contributed by atoms with Crippen molar-refractivity contribution in [1.82, 2.24) is 10.0 Å².